The summed E-state index contributed by atoms with van der Waals surface area (Å²) in [7, 11) is 0. The normalized spacial score (nSPS) is 42.1. The fraction of sp³-hybridized carbons (Fsp3) is 0.632. The van der Waals surface area contributed by atoms with Crippen molar-refractivity contribution in [2.75, 3.05) is 0 Å². The lowest BCUT2D eigenvalue weighted by atomic mass is 9.54. The van der Waals surface area contributed by atoms with E-state index in [-0.39, 0.29) is 28.9 Å². The third-order valence-electron chi connectivity index (χ3n) is 6.85. The number of phenolic OH excluding ortho intramolecular Hbond substituents is 1. The van der Waals surface area contributed by atoms with Gasteiger partial charge in [0.2, 0.25) is 0 Å². The molecule has 1 aromatic carbocycles. The standard InChI is InChI=1S/C19H24O4/c1-9-7-10(20)8-12-15(9)11-5-6-19(2)13(3-4-14(19)21)16(11)18(23)17(12)22/h7-8,11,13,16-18,20,22-23H,3-6H2,1-2H3/t11-,13+,16-,17-,18+,19+/m1/s1. The molecule has 0 saturated heterocycles. The zero-order valence-corrected chi connectivity index (χ0v) is 13.6. The van der Waals surface area contributed by atoms with Crippen LogP contribution in [0.5, 0.6) is 5.75 Å². The molecule has 2 fully saturated rings. The number of carbonyl (C=O) groups excluding carboxylic acids is 1. The molecule has 0 heterocycles. The van der Waals surface area contributed by atoms with E-state index in [1.54, 1.807) is 12.1 Å². The Labute approximate surface area is 136 Å². The second kappa shape index (κ2) is 4.81. The molecule has 6 atom stereocenters. The number of hydrogen-bond acceptors (Lipinski definition) is 4. The highest BCUT2D eigenvalue weighted by Gasteiger charge is 2.58. The highest BCUT2D eigenvalue weighted by atomic mass is 16.3. The van der Waals surface area contributed by atoms with Gasteiger partial charge in [0.1, 0.15) is 17.6 Å². The second-order valence-electron chi connectivity index (χ2n) is 7.91. The number of Topliss-reactive ketones (excluding diaryl/α,β-unsaturated/α-hetero) is 1. The Morgan fingerprint density at radius 2 is 1.96 bits per heavy atom. The highest BCUT2D eigenvalue weighted by molar-refractivity contribution is 5.87. The number of aliphatic hydroxyl groups excluding tert-OH is 2. The van der Waals surface area contributed by atoms with Crippen molar-refractivity contribution in [3.63, 3.8) is 0 Å². The number of ketones is 1. The van der Waals surface area contributed by atoms with Gasteiger partial charge in [0.25, 0.3) is 0 Å². The molecule has 4 heteroatoms. The summed E-state index contributed by atoms with van der Waals surface area (Å²) in [5.41, 5.74) is 2.36. The molecular formula is C19H24O4. The zero-order valence-electron chi connectivity index (χ0n) is 13.6. The van der Waals surface area contributed by atoms with Crippen LogP contribution in [0.4, 0.5) is 0 Å². The van der Waals surface area contributed by atoms with Gasteiger partial charge in [0.05, 0.1) is 6.10 Å². The minimum absolute atomic E-state index is 0.0778. The number of aromatic hydroxyl groups is 1. The number of aryl methyl sites for hydroxylation is 1. The van der Waals surface area contributed by atoms with Crippen molar-refractivity contribution in [2.45, 2.75) is 57.7 Å². The molecule has 4 nitrogen and oxygen atoms in total. The van der Waals surface area contributed by atoms with Gasteiger partial charge in [-0.2, -0.15) is 0 Å². The predicted octanol–water partition coefficient (Wildman–Crippen LogP) is 2.59. The van der Waals surface area contributed by atoms with E-state index in [9.17, 15) is 20.1 Å². The summed E-state index contributed by atoms with van der Waals surface area (Å²) in [6.07, 6.45) is 1.24. The Morgan fingerprint density at radius 1 is 1.22 bits per heavy atom. The summed E-state index contributed by atoms with van der Waals surface area (Å²) >= 11 is 0. The number of carbonyl (C=O) groups is 1. The minimum atomic E-state index is -0.991. The van der Waals surface area contributed by atoms with Crippen LogP contribution in [-0.2, 0) is 4.79 Å². The van der Waals surface area contributed by atoms with Crippen molar-refractivity contribution in [1.82, 2.24) is 0 Å². The number of phenols is 1. The van der Waals surface area contributed by atoms with E-state index < -0.39 is 12.2 Å². The van der Waals surface area contributed by atoms with Crippen molar-refractivity contribution in [3.8, 4) is 5.75 Å². The van der Waals surface area contributed by atoms with Crippen LogP contribution in [0.3, 0.4) is 0 Å². The molecular weight excluding hydrogens is 292 g/mol. The molecule has 0 unspecified atom stereocenters. The number of fused-ring (bicyclic) bond motifs is 5. The lowest BCUT2D eigenvalue weighted by Gasteiger charge is -2.51. The number of rotatable bonds is 0. The summed E-state index contributed by atoms with van der Waals surface area (Å²) in [6.45, 7) is 4.00. The van der Waals surface area contributed by atoms with Crippen molar-refractivity contribution >= 4 is 5.78 Å². The van der Waals surface area contributed by atoms with Crippen LogP contribution in [0.15, 0.2) is 12.1 Å². The first-order chi connectivity index (χ1) is 10.8. The van der Waals surface area contributed by atoms with E-state index in [0.717, 1.165) is 30.4 Å². The Bertz CT molecular complexity index is 682. The van der Waals surface area contributed by atoms with E-state index in [2.05, 4.69) is 0 Å². The lowest BCUT2D eigenvalue weighted by Crippen LogP contribution is -2.49. The monoisotopic (exact) mass is 316 g/mol. The molecule has 0 radical (unpaired) electrons. The summed E-state index contributed by atoms with van der Waals surface area (Å²) in [4.78, 5) is 12.4. The van der Waals surface area contributed by atoms with E-state index in [0.29, 0.717) is 17.8 Å². The van der Waals surface area contributed by atoms with Crippen LogP contribution in [0, 0.1) is 24.2 Å². The van der Waals surface area contributed by atoms with Crippen LogP contribution in [-0.4, -0.2) is 27.2 Å². The number of benzene rings is 1. The molecule has 4 rings (SSSR count). The summed E-state index contributed by atoms with van der Waals surface area (Å²) in [6, 6.07) is 3.31. The Kier molecular flexibility index (Phi) is 3.17. The quantitative estimate of drug-likeness (QED) is 0.687. The molecule has 23 heavy (non-hydrogen) atoms. The van der Waals surface area contributed by atoms with Crippen LogP contribution in [0.25, 0.3) is 0 Å². The topological polar surface area (TPSA) is 77.8 Å². The van der Waals surface area contributed by atoms with Gasteiger partial charge in [-0.1, -0.05) is 6.92 Å². The van der Waals surface area contributed by atoms with Gasteiger partial charge in [-0.3, -0.25) is 4.79 Å². The largest absolute Gasteiger partial charge is 0.508 e. The minimum Gasteiger partial charge on any atom is -0.508 e. The van der Waals surface area contributed by atoms with E-state index in [4.69, 9.17) is 0 Å². The molecule has 3 N–H and O–H groups in total. The molecule has 3 aliphatic rings. The summed E-state index contributed by atoms with van der Waals surface area (Å²) in [5.74, 6) is 0.664. The summed E-state index contributed by atoms with van der Waals surface area (Å²) < 4.78 is 0. The van der Waals surface area contributed by atoms with Gasteiger partial charge >= 0.3 is 0 Å². The third-order valence-corrected chi connectivity index (χ3v) is 6.85. The maximum absolute atomic E-state index is 12.4. The Balaban J connectivity index is 1.86. The maximum atomic E-state index is 12.4. The average molecular weight is 316 g/mol. The molecule has 3 aliphatic carbocycles. The smallest absolute Gasteiger partial charge is 0.139 e. The van der Waals surface area contributed by atoms with Crippen molar-refractivity contribution in [3.05, 3.63) is 28.8 Å². The molecule has 0 amide bonds. The van der Waals surface area contributed by atoms with Gasteiger partial charge in [-0.05, 0) is 72.8 Å². The average Bonchev–Trinajstić information content (AvgIpc) is 2.79. The fourth-order valence-electron chi connectivity index (χ4n) is 5.73. The van der Waals surface area contributed by atoms with E-state index in [1.807, 2.05) is 13.8 Å². The van der Waals surface area contributed by atoms with Gasteiger partial charge in [0.15, 0.2) is 0 Å². The van der Waals surface area contributed by atoms with E-state index >= 15 is 0 Å². The molecule has 124 valence electrons. The van der Waals surface area contributed by atoms with Crippen molar-refractivity contribution in [1.29, 1.82) is 0 Å². The maximum Gasteiger partial charge on any atom is 0.139 e. The Hall–Kier alpha value is -1.39. The first kappa shape index (κ1) is 15.2. The molecule has 0 spiro atoms. The van der Waals surface area contributed by atoms with Crippen molar-refractivity contribution in [2.24, 2.45) is 17.3 Å². The van der Waals surface area contributed by atoms with E-state index in [1.165, 1.54) is 0 Å². The Morgan fingerprint density at radius 3 is 2.70 bits per heavy atom. The van der Waals surface area contributed by atoms with Crippen molar-refractivity contribution < 1.29 is 20.1 Å². The van der Waals surface area contributed by atoms with Gasteiger partial charge in [-0.15, -0.1) is 0 Å². The molecule has 0 aromatic heterocycles. The van der Waals surface area contributed by atoms with Crippen LogP contribution < -0.4 is 0 Å². The second-order valence-corrected chi connectivity index (χ2v) is 7.91. The molecule has 0 aliphatic heterocycles. The van der Waals surface area contributed by atoms with Crippen LogP contribution in [0.2, 0.25) is 0 Å². The van der Waals surface area contributed by atoms with Crippen LogP contribution >= 0.6 is 0 Å². The number of aliphatic hydroxyl groups is 2. The lowest BCUT2D eigenvalue weighted by molar-refractivity contribution is -0.134. The zero-order chi connectivity index (χ0) is 16.5. The molecule has 0 bridgehead atoms. The molecule has 1 aromatic rings. The number of hydrogen-bond donors (Lipinski definition) is 3. The molecule has 2 saturated carbocycles. The van der Waals surface area contributed by atoms with Gasteiger partial charge in [-0.25, -0.2) is 0 Å². The predicted molar refractivity (Wildman–Crippen MR) is 85.1 cm³/mol. The SMILES string of the molecule is Cc1cc(O)cc2c1[C@H]1CC[C@]3(C)C(=O)CC[C@H]3[C@@H]1[C@H](O)[C@@H]2O. The highest BCUT2D eigenvalue weighted by Crippen LogP contribution is 2.61. The first-order valence-electron chi connectivity index (χ1n) is 8.57. The fourth-order valence-corrected chi connectivity index (χ4v) is 5.73. The van der Waals surface area contributed by atoms with Crippen LogP contribution in [0.1, 0.15) is 61.3 Å². The summed E-state index contributed by atoms with van der Waals surface area (Å²) in [5, 5.41) is 31.3. The first-order valence-corrected chi connectivity index (χ1v) is 8.57. The third kappa shape index (κ3) is 1.88. The van der Waals surface area contributed by atoms with Gasteiger partial charge in [0, 0.05) is 11.8 Å². The van der Waals surface area contributed by atoms with Gasteiger partial charge < -0.3 is 15.3 Å².